The van der Waals surface area contributed by atoms with Crippen molar-refractivity contribution < 1.29 is 4.74 Å². The molecule has 1 rings (SSSR count). The van der Waals surface area contributed by atoms with Crippen molar-refractivity contribution in [2.24, 2.45) is 5.92 Å². The maximum atomic E-state index is 5.68. The highest BCUT2D eigenvalue weighted by molar-refractivity contribution is 4.72. The first-order chi connectivity index (χ1) is 5.34. The van der Waals surface area contributed by atoms with Crippen molar-refractivity contribution in [2.75, 3.05) is 6.61 Å². The van der Waals surface area contributed by atoms with E-state index in [0.717, 1.165) is 18.9 Å². The van der Waals surface area contributed by atoms with Crippen molar-refractivity contribution in [3.8, 4) is 0 Å². The topological polar surface area (TPSA) is 9.23 Å². The van der Waals surface area contributed by atoms with Gasteiger partial charge < -0.3 is 4.74 Å². The van der Waals surface area contributed by atoms with Crippen LogP contribution in [0.5, 0.6) is 0 Å². The Hall–Kier alpha value is -0.0400. The SMILES string of the molecule is CCCOC(C)C1CCCC1. The third-order valence-corrected chi connectivity index (χ3v) is 2.65. The Balaban J connectivity index is 2.12. The molecule has 0 N–H and O–H groups in total. The number of hydrogen-bond donors (Lipinski definition) is 0. The van der Waals surface area contributed by atoms with Crippen LogP contribution in [0.3, 0.4) is 0 Å². The second-order valence-electron chi connectivity index (χ2n) is 3.62. The van der Waals surface area contributed by atoms with E-state index in [9.17, 15) is 0 Å². The fraction of sp³-hybridized carbons (Fsp3) is 1.00. The first-order valence-corrected chi connectivity index (χ1v) is 4.96. The summed E-state index contributed by atoms with van der Waals surface area (Å²) in [7, 11) is 0. The lowest BCUT2D eigenvalue weighted by molar-refractivity contribution is 0.0273. The maximum absolute atomic E-state index is 5.68. The predicted octanol–water partition coefficient (Wildman–Crippen LogP) is 2.99. The number of hydrogen-bond acceptors (Lipinski definition) is 1. The van der Waals surface area contributed by atoms with E-state index in [1.165, 1.54) is 25.7 Å². The van der Waals surface area contributed by atoms with Gasteiger partial charge in [0.15, 0.2) is 0 Å². The highest BCUT2D eigenvalue weighted by Crippen LogP contribution is 2.28. The minimum atomic E-state index is 0.512. The molecule has 0 aliphatic heterocycles. The fourth-order valence-corrected chi connectivity index (χ4v) is 1.87. The van der Waals surface area contributed by atoms with Gasteiger partial charge in [0.2, 0.25) is 0 Å². The Morgan fingerprint density at radius 2 is 2.00 bits per heavy atom. The predicted molar refractivity (Wildman–Crippen MR) is 47.7 cm³/mol. The first-order valence-electron chi connectivity index (χ1n) is 4.96. The Labute approximate surface area is 70.1 Å². The molecule has 1 aliphatic rings. The van der Waals surface area contributed by atoms with Crippen LogP contribution in [-0.2, 0) is 4.74 Å². The second-order valence-corrected chi connectivity index (χ2v) is 3.62. The molecule has 0 amide bonds. The average Bonchev–Trinajstić information content (AvgIpc) is 2.52. The molecule has 1 aliphatic carbocycles. The van der Waals surface area contributed by atoms with Crippen LogP contribution in [-0.4, -0.2) is 12.7 Å². The largest absolute Gasteiger partial charge is 0.378 e. The van der Waals surface area contributed by atoms with Gasteiger partial charge in [-0.15, -0.1) is 0 Å². The van der Waals surface area contributed by atoms with Gasteiger partial charge in [-0.1, -0.05) is 19.8 Å². The molecule has 1 saturated carbocycles. The van der Waals surface area contributed by atoms with Gasteiger partial charge in [0.25, 0.3) is 0 Å². The zero-order valence-corrected chi connectivity index (χ0v) is 7.81. The van der Waals surface area contributed by atoms with Gasteiger partial charge in [0, 0.05) is 6.61 Å². The second kappa shape index (κ2) is 4.76. The van der Waals surface area contributed by atoms with E-state index in [1.54, 1.807) is 0 Å². The van der Waals surface area contributed by atoms with E-state index in [4.69, 9.17) is 4.74 Å². The molecule has 0 aromatic rings. The Morgan fingerprint density at radius 3 is 2.55 bits per heavy atom. The molecule has 1 heteroatoms. The molecular formula is C10H20O. The summed E-state index contributed by atoms with van der Waals surface area (Å²) in [6, 6.07) is 0. The summed E-state index contributed by atoms with van der Waals surface area (Å²) < 4.78 is 5.68. The van der Waals surface area contributed by atoms with Crippen molar-refractivity contribution in [3.05, 3.63) is 0 Å². The summed E-state index contributed by atoms with van der Waals surface area (Å²) in [5, 5.41) is 0. The molecular weight excluding hydrogens is 136 g/mol. The fourth-order valence-electron chi connectivity index (χ4n) is 1.87. The van der Waals surface area contributed by atoms with Gasteiger partial charge >= 0.3 is 0 Å². The van der Waals surface area contributed by atoms with Crippen LogP contribution in [0.25, 0.3) is 0 Å². The standard InChI is InChI=1S/C10H20O/c1-3-8-11-9(2)10-6-4-5-7-10/h9-10H,3-8H2,1-2H3. The smallest absolute Gasteiger partial charge is 0.0575 e. The molecule has 0 heterocycles. The maximum Gasteiger partial charge on any atom is 0.0575 e. The summed E-state index contributed by atoms with van der Waals surface area (Å²) >= 11 is 0. The van der Waals surface area contributed by atoms with Crippen LogP contribution in [0.1, 0.15) is 46.0 Å². The summed E-state index contributed by atoms with van der Waals surface area (Å²) in [5.74, 6) is 0.863. The Morgan fingerprint density at radius 1 is 1.36 bits per heavy atom. The lowest BCUT2D eigenvalue weighted by Crippen LogP contribution is -2.18. The van der Waals surface area contributed by atoms with E-state index in [0.29, 0.717) is 6.10 Å². The van der Waals surface area contributed by atoms with Gasteiger partial charge in [-0.3, -0.25) is 0 Å². The molecule has 0 bridgehead atoms. The van der Waals surface area contributed by atoms with Crippen LogP contribution in [0.4, 0.5) is 0 Å². The van der Waals surface area contributed by atoms with Crippen molar-refractivity contribution in [2.45, 2.75) is 52.1 Å². The molecule has 1 nitrogen and oxygen atoms in total. The van der Waals surface area contributed by atoms with Gasteiger partial charge in [-0.2, -0.15) is 0 Å². The molecule has 0 aromatic carbocycles. The molecule has 1 unspecified atom stereocenters. The normalized spacial score (nSPS) is 22.4. The molecule has 11 heavy (non-hydrogen) atoms. The molecule has 0 spiro atoms. The third-order valence-electron chi connectivity index (χ3n) is 2.65. The quantitative estimate of drug-likeness (QED) is 0.608. The molecule has 0 saturated heterocycles. The zero-order valence-electron chi connectivity index (χ0n) is 7.81. The lowest BCUT2D eigenvalue weighted by Gasteiger charge is -2.18. The van der Waals surface area contributed by atoms with Crippen LogP contribution < -0.4 is 0 Å². The van der Waals surface area contributed by atoms with Crippen molar-refractivity contribution in [3.63, 3.8) is 0 Å². The molecule has 1 fully saturated rings. The molecule has 0 radical (unpaired) electrons. The van der Waals surface area contributed by atoms with Crippen LogP contribution in [0.2, 0.25) is 0 Å². The van der Waals surface area contributed by atoms with E-state index >= 15 is 0 Å². The van der Waals surface area contributed by atoms with E-state index in [2.05, 4.69) is 13.8 Å². The van der Waals surface area contributed by atoms with Crippen molar-refractivity contribution in [1.82, 2.24) is 0 Å². The van der Waals surface area contributed by atoms with Gasteiger partial charge in [-0.05, 0) is 32.1 Å². The highest BCUT2D eigenvalue weighted by Gasteiger charge is 2.21. The minimum Gasteiger partial charge on any atom is -0.378 e. The minimum absolute atomic E-state index is 0.512. The first kappa shape index (κ1) is 9.05. The highest BCUT2D eigenvalue weighted by atomic mass is 16.5. The van der Waals surface area contributed by atoms with Gasteiger partial charge in [-0.25, -0.2) is 0 Å². The van der Waals surface area contributed by atoms with Crippen LogP contribution in [0.15, 0.2) is 0 Å². The third kappa shape index (κ3) is 2.82. The van der Waals surface area contributed by atoms with Crippen molar-refractivity contribution >= 4 is 0 Å². The summed E-state index contributed by atoms with van der Waals surface area (Å²) in [6.07, 6.45) is 7.29. The summed E-state index contributed by atoms with van der Waals surface area (Å²) in [4.78, 5) is 0. The van der Waals surface area contributed by atoms with Crippen molar-refractivity contribution in [1.29, 1.82) is 0 Å². The Bertz CT molecular complexity index is 95.0. The van der Waals surface area contributed by atoms with Gasteiger partial charge in [0.05, 0.1) is 6.10 Å². The monoisotopic (exact) mass is 156 g/mol. The van der Waals surface area contributed by atoms with E-state index < -0.39 is 0 Å². The zero-order chi connectivity index (χ0) is 8.10. The number of ether oxygens (including phenoxy) is 1. The van der Waals surface area contributed by atoms with E-state index in [1.807, 2.05) is 0 Å². The van der Waals surface area contributed by atoms with E-state index in [-0.39, 0.29) is 0 Å². The Kier molecular flexibility index (Phi) is 3.92. The number of rotatable bonds is 4. The molecule has 1 atom stereocenters. The van der Waals surface area contributed by atoms with Crippen LogP contribution >= 0.6 is 0 Å². The molecule has 0 aromatic heterocycles. The van der Waals surface area contributed by atoms with Gasteiger partial charge in [0.1, 0.15) is 0 Å². The average molecular weight is 156 g/mol. The van der Waals surface area contributed by atoms with Crippen LogP contribution in [0, 0.1) is 5.92 Å². The lowest BCUT2D eigenvalue weighted by atomic mass is 10.0. The summed E-state index contributed by atoms with van der Waals surface area (Å²) in [6.45, 7) is 5.34. The summed E-state index contributed by atoms with van der Waals surface area (Å²) in [5.41, 5.74) is 0. The molecule has 66 valence electrons.